The molecule has 1 amide bonds. The summed E-state index contributed by atoms with van der Waals surface area (Å²) in [5.74, 6) is 4.79. The Kier molecular flexibility index (Phi) is 4.08. The normalized spacial score (nSPS) is 19.9. The van der Waals surface area contributed by atoms with E-state index < -0.39 is 17.4 Å². The van der Waals surface area contributed by atoms with Gasteiger partial charge in [-0.1, -0.05) is 11.6 Å². The molecule has 0 spiro atoms. The van der Waals surface area contributed by atoms with Crippen LogP contribution in [0, 0.1) is 5.82 Å². The van der Waals surface area contributed by atoms with Crippen LogP contribution >= 0.6 is 11.6 Å². The highest BCUT2D eigenvalue weighted by atomic mass is 35.5. The lowest BCUT2D eigenvalue weighted by molar-refractivity contribution is -0.127. The van der Waals surface area contributed by atoms with E-state index >= 15 is 0 Å². The molecular formula is C16H16ClFN8O. The van der Waals surface area contributed by atoms with Crippen molar-refractivity contribution in [3.63, 3.8) is 0 Å². The maximum atomic E-state index is 14.3. The fourth-order valence-corrected chi connectivity index (χ4v) is 3.20. The molecule has 0 aromatic carbocycles. The van der Waals surface area contributed by atoms with Crippen molar-refractivity contribution >= 4 is 34.4 Å². The Morgan fingerprint density at radius 2 is 2.19 bits per heavy atom. The van der Waals surface area contributed by atoms with Gasteiger partial charge in [0.25, 0.3) is 5.91 Å². The molecule has 140 valence electrons. The highest BCUT2D eigenvalue weighted by Gasteiger charge is 2.37. The van der Waals surface area contributed by atoms with Gasteiger partial charge in [-0.3, -0.25) is 9.47 Å². The van der Waals surface area contributed by atoms with Crippen molar-refractivity contribution in [1.82, 2.24) is 24.9 Å². The highest BCUT2D eigenvalue weighted by Crippen LogP contribution is 2.29. The lowest BCUT2D eigenvalue weighted by Gasteiger charge is -2.33. The van der Waals surface area contributed by atoms with Crippen molar-refractivity contribution in [2.24, 2.45) is 5.73 Å². The number of hydrogen-bond acceptors (Lipinski definition) is 7. The van der Waals surface area contributed by atoms with Gasteiger partial charge in [0.1, 0.15) is 0 Å². The molecule has 27 heavy (non-hydrogen) atoms. The van der Waals surface area contributed by atoms with Crippen molar-refractivity contribution in [2.45, 2.75) is 18.5 Å². The summed E-state index contributed by atoms with van der Waals surface area (Å²) < 4.78 is 15.6. The zero-order valence-electron chi connectivity index (χ0n) is 14.0. The van der Waals surface area contributed by atoms with Crippen LogP contribution in [0.4, 0.5) is 10.2 Å². The minimum Gasteiger partial charge on any atom is -0.353 e. The second-order valence-corrected chi connectivity index (χ2v) is 6.76. The first-order valence-corrected chi connectivity index (χ1v) is 8.55. The number of carbonyl (C=O) groups is 1. The van der Waals surface area contributed by atoms with Crippen molar-refractivity contribution in [2.75, 3.05) is 17.7 Å². The van der Waals surface area contributed by atoms with E-state index in [9.17, 15) is 9.18 Å². The van der Waals surface area contributed by atoms with Gasteiger partial charge in [-0.2, -0.15) is 0 Å². The standard InChI is InChI=1S/C16H16ClFN8O/c17-8-4-9-10(7-26(20)14(9)23-5-8)12-22-6-11(18)13(24-12)25-16(19)2-1-3-21-15(16)27/h4-7H,1-3,19-20H2,(H,21,27)(H,22,24,25)/t16-/m0/s1. The van der Waals surface area contributed by atoms with Crippen molar-refractivity contribution in [3.8, 4) is 11.4 Å². The predicted molar refractivity (Wildman–Crippen MR) is 98.7 cm³/mol. The molecule has 9 nitrogen and oxygen atoms in total. The van der Waals surface area contributed by atoms with Crippen LogP contribution in [0.3, 0.4) is 0 Å². The molecule has 3 aromatic rings. The molecule has 6 N–H and O–H groups in total. The Bertz CT molecular complexity index is 1050. The number of nitrogens with two attached hydrogens (primary N) is 2. The molecule has 0 radical (unpaired) electrons. The number of anilines is 1. The summed E-state index contributed by atoms with van der Waals surface area (Å²) in [4.78, 5) is 24.5. The van der Waals surface area contributed by atoms with Gasteiger partial charge >= 0.3 is 0 Å². The molecular weight excluding hydrogens is 375 g/mol. The Morgan fingerprint density at radius 1 is 1.37 bits per heavy atom. The maximum absolute atomic E-state index is 14.3. The number of piperidine rings is 1. The molecule has 1 aliphatic heterocycles. The van der Waals surface area contributed by atoms with Crippen LogP contribution < -0.4 is 22.2 Å². The zero-order chi connectivity index (χ0) is 19.2. The van der Waals surface area contributed by atoms with E-state index in [1.165, 1.54) is 10.9 Å². The van der Waals surface area contributed by atoms with Gasteiger partial charge in [0.05, 0.1) is 11.2 Å². The average molecular weight is 391 g/mol. The van der Waals surface area contributed by atoms with Crippen LogP contribution in [0.1, 0.15) is 12.8 Å². The molecule has 0 bridgehead atoms. The second kappa shape index (κ2) is 6.32. The van der Waals surface area contributed by atoms with Crippen molar-refractivity contribution in [1.29, 1.82) is 0 Å². The van der Waals surface area contributed by atoms with Crippen molar-refractivity contribution in [3.05, 3.63) is 35.5 Å². The first-order chi connectivity index (χ1) is 12.9. The Hall–Kier alpha value is -2.98. The minimum absolute atomic E-state index is 0.174. The van der Waals surface area contributed by atoms with Gasteiger partial charge in [0.15, 0.2) is 28.8 Å². The van der Waals surface area contributed by atoms with E-state index in [4.69, 9.17) is 23.2 Å². The summed E-state index contributed by atoms with van der Waals surface area (Å²) in [5, 5.41) is 6.39. The van der Waals surface area contributed by atoms with Gasteiger partial charge in [-0.05, 0) is 18.9 Å². The molecule has 11 heteroatoms. The van der Waals surface area contributed by atoms with Crippen LogP contribution in [0.5, 0.6) is 0 Å². The van der Waals surface area contributed by atoms with Gasteiger partial charge in [-0.15, -0.1) is 0 Å². The average Bonchev–Trinajstić information content (AvgIpc) is 2.96. The molecule has 1 fully saturated rings. The molecule has 3 aromatic heterocycles. The second-order valence-electron chi connectivity index (χ2n) is 6.32. The third-order valence-electron chi connectivity index (χ3n) is 4.40. The molecule has 1 saturated heterocycles. The summed E-state index contributed by atoms with van der Waals surface area (Å²) >= 11 is 6.02. The number of aromatic nitrogens is 4. The van der Waals surface area contributed by atoms with Crippen LogP contribution in [-0.2, 0) is 4.79 Å². The Balaban J connectivity index is 1.77. The first kappa shape index (κ1) is 17.4. The highest BCUT2D eigenvalue weighted by molar-refractivity contribution is 6.31. The summed E-state index contributed by atoms with van der Waals surface area (Å²) in [5.41, 5.74) is 5.65. The topological polar surface area (TPSA) is 137 Å². The fourth-order valence-electron chi connectivity index (χ4n) is 3.04. The lowest BCUT2D eigenvalue weighted by Crippen LogP contribution is -2.62. The third kappa shape index (κ3) is 3.02. The fraction of sp³-hybridized carbons (Fsp3) is 0.250. The number of amides is 1. The number of nitrogens with zero attached hydrogens (tertiary/aromatic N) is 4. The zero-order valence-corrected chi connectivity index (χ0v) is 14.8. The smallest absolute Gasteiger partial charge is 0.260 e. The van der Waals surface area contributed by atoms with E-state index in [2.05, 4.69) is 25.6 Å². The van der Waals surface area contributed by atoms with E-state index in [1.54, 1.807) is 12.3 Å². The van der Waals surface area contributed by atoms with E-state index in [-0.39, 0.29) is 11.6 Å². The van der Waals surface area contributed by atoms with Gasteiger partial charge in [0.2, 0.25) is 0 Å². The number of pyridine rings is 1. The van der Waals surface area contributed by atoms with Crippen LogP contribution in [-0.4, -0.2) is 37.7 Å². The molecule has 0 aliphatic carbocycles. The summed E-state index contributed by atoms with van der Waals surface area (Å²) in [7, 11) is 0. The predicted octanol–water partition coefficient (Wildman–Crippen LogP) is 0.976. The number of halogens is 2. The quantitative estimate of drug-likeness (QED) is 0.386. The number of nitrogen functional groups attached to an aromatic ring is 1. The molecule has 1 atom stereocenters. The first-order valence-electron chi connectivity index (χ1n) is 8.17. The lowest BCUT2D eigenvalue weighted by atomic mass is 10.00. The number of fused-ring (bicyclic) bond motifs is 1. The molecule has 4 rings (SSSR count). The maximum Gasteiger partial charge on any atom is 0.260 e. The molecule has 1 aliphatic rings. The largest absolute Gasteiger partial charge is 0.353 e. The van der Waals surface area contributed by atoms with Gasteiger partial charge in [0, 0.05) is 29.9 Å². The van der Waals surface area contributed by atoms with E-state index in [0.29, 0.717) is 41.0 Å². The number of carbonyl (C=O) groups excluding carboxylic acids is 1. The number of rotatable bonds is 3. The number of hydrogen-bond donors (Lipinski definition) is 4. The van der Waals surface area contributed by atoms with Crippen LogP contribution in [0.15, 0.2) is 24.7 Å². The molecule has 0 unspecified atom stereocenters. The summed E-state index contributed by atoms with van der Waals surface area (Å²) in [6, 6.07) is 1.67. The van der Waals surface area contributed by atoms with Crippen LogP contribution in [0.25, 0.3) is 22.4 Å². The van der Waals surface area contributed by atoms with Gasteiger partial charge in [-0.25, -0.2) is 19.3 Å². The Morgan fingerprint density at radius 3 is 2.96 bits per heavy atom. The van der Waals surface area contributed by atoms with E-state index in [1.807, 2.05) is 0 Å². The van der Waals surface area contributed by atoms with Gasteiger partial charge < -0.3 is 22.2 Å². The Labute approximate surface area is 157 Å². The monoisotopic (exact) mass is 390 g/mol. The number of nitrogens with one attached hydrogen (secondary N) is 2. The summed E-state index contributed by atoms with van der Waals surface area (Å²) in [6.07, 6.45) is 5.05. The SMILES string of the molecule is Nn1cc(-c2ncc(F)c(N[C@@]3(N)CCCNC3=O)n2)c2cc(Cl)cnc21. The van der Waals surface area contributed by atoms with Crippen LogP contribution in [0.2, 0.25) is 5.02 Å². The van der Waals surface area contributed by atoms with E-state index in [0.717, 1.165) is 6.20 Å². The van der Waals surface area contributed by atoms with Crippen molar-refractivity contribution < 1.29 is 9.18 Å². The third-order valence-corrected chi connectivity index (χ3v) is 4.61. The molecule has 0 saturated carbocycles. The summed E-state index contributed by atoms with van der Waals surface area (Å²) in [6.45, 7) is 0.529. The minimum atomic E-state index is -1.45. The molecule has 4 heterocycles.